The molecule has 1 atom stereocenters. The van der Waals surface area contributed by atoms with Crippen LogP contribution in [0.15, 0.2) is 30.3 Å². The van der Waals surface area contributed by atoms with Crippen molar-refractivity contribution < 1.29 is 9.90 Å². The Hall–Kier alpha value is -1.94. The zero-order valence-electron chi connectivity index (χ0n) is 12.1. The van der Waals surface area contributed by atoms with E-state index in [9.17, 15) is 9.90 Å². The summed E-state index contributed by atoms with van der Waals surface area (Å²) in [5.74, 6) is -0.770. The van der Waals surface area contributed by atoms with Gasteiger partial charge in [0.2, 0.25) is 0 Å². The SMILES string of the molecule is CCC(C(=O)O)N(C)Cc1ccc2nc(C)ccc2c1. The first-order valence-electron chi connectivity index (χ1n) is 6.80. The van der Waals surface area contributed by atoms with E-state index in [1.807, 2.05) is 44.0 Å². The van der Waals surface area contributed by atoms with Crippen LogP contribution < -0.4 is 0 Å². The quantitative estimate of drug-likeness (QED) is 0.909. The second kappa shape index (κ2) is 6.01. The molecule has 0 bridgehead atoms. The van der Waals surface area contributed by atoms with Gasteiger partial charge in [0, 0.05) is 17.6 Å². The van der Waals surface area contributed by atoms with Crippen LogP contribution in [0.2, 0.25) is 0 Å². The monoisotopic (exact) mass is 272 g/mol. The minimum absolute atomic E-state index is 0.443. The van der Waals surface area contributed by atoms with Crippen molar-refractivity contribution in [3.05, 3.63) is 41.6 Å². The zero-order valence-corrected chi connectivity index (χ0v) is 12.1. The first-order valence-corrected chi connectivity index (χ1v) is 6.80. The Balaban J connectivity index is 2.21. The molecule has 0 saturated carbocycles. The highest BCUT2D eigenvalue weighted by atomic mass is 16.4. The van der Waals surface area contributed by atoms with Gasteiger partial charge in [0.1, 0.15) is 6.04 Å². The van der Waals surface area contributed by atoms with Crippen molar-refractivity contribution in [1.82, 2.24) is 9.88 Å². The third-order valence-electron chi connectivity index (χ3n) is 3.53. The fourth-order valence-corrected chi connectivity index (χ4v) is 2.45. The molecule has 0 spiro atoms. The van der Waals surface area contributed by atoms with Gasteiger partial charge in [-0.25, -0.2) is 0 Å². The lowest BCUT2D eigenvalue weighted by Crippen LogP contribution is -2.37. The van der Waals surface area contributed by atoms with Gasteiger partial charge in [-0.05, 0) is 44.2 Å². The lowest BCUT2D eigenvalue weighted by molar-refractivity contribution is -0.143. The topological polar surface area (TPSA) is 53.4 Å². The Labute approximate surface area is 119 Å². The van der Waals surface area contributed by atoms with Crippen LogP contribution in [0, 0.1) is 6.92 Å². The maximum absolute atomic E-state index is 11.2. The third kappa shape index (κ3) is 3.14. The molecular formula is C16H20N2O2. The molecule has 1 heterocycles. The number of rotatable bonds is 5. The summed E-state index contributed by atoms with van der Waals surface area (Å²) in [5.41, 5.74) is 3.08. The number of hydrogen-bond donors (Lipinski definition) is 1. The number of aryl methyl sites for hydroxylation is 1. The van der Waals surface area contributed by atoms with Crippen LogP contribution in [-0.2, 0) is 11.3 Å². The van der Waals surface area contributed by atoms with E-state index in [1.165, 1.54) is 0 Å². The van der Waals surface area contributed by atoms with E-state index >= 15 is 0 Å². The van der Waals surface area contributed by atoms with Crippen LogP contribution in [0.3, 0.4) is 0 Å². The van der Waals surface area contributed by atoms with Crippen molar-refractivity contribution in [1.29, 1.82) is 0 Å². The number of hydrogen-bond acceptors (Lipinski definition) is 3. The molecule has 106 valence electrons. The summed E-state index contributed by atoms with van der Waals surface area (Å²) in [6.07, 6.45) is 0.597. The maximum atomic E-state index is 11.2. The lowest BCUT2D eigenvalue weighted by Gasteiger charge is -2.23. The average molecular weight is 272 g/mol. The first-order chi connectivity index (χ1) is 9.51. The highest BCUT2D eigenvalue weighted by Gasteiger charge is 2.20. The number of benzene rings is 1. The number of likely N-dealkylation sites (N-methyl/N-ethyl adjacent to an activating group) is 1. The van der Waals surface area contributed by atoms with Gasteiger partial charge in [-0.15, -0.1) is 0 Å². The van der Waals surface area contributed by atoms with E-state index in [2.05, 4.69) is 17.1 Å². The second-order valence-corrected chi connectivity index (χ2v) is 5.16. The minimum Gasteiger partial charge on any atom is -0.480 e. The standard InChI is InChI=1S/C16H20N2O2/c1-4-15(16(19)20)18(3)10-12-6-8-14-13(9-12)7-5-11(2)17-14/h5-9,15H,4,10H2,1-3H3,(H,19,20). The summed E-state index contributed by atoms with van der Waals surface area (Å²) in [4.78, 5) is 17.5. The van der Waals surface area contributed by atoms with Crippen LogP contribution in [-0.4, -0.2) is 34.0 Å². The summed E-state index contributed by atoms with van der Waals surface area (Å²) in [7, 11) is 1.85. The summed E-state index contributed by atoms with van der Waals surface area (Å²) in [5, 5.41) is 10.3. The smallest absolute Gasteiger partial charge is 0.320 e. The van der Waals surface area contributed by atoms with Crippen molar-refractivity contribution in [2.75, 3.05) is 7.05 Å². The van der Waals surface area contributed by atoms with Crippen LogP contribution in [0.5, 0.6) is 0 Å². The van der Waals surface area contributed by atoms with Gasteiger partial charge in [-0.2, -0.15) is 0 Å². The van der Waals surface area contributed by atoms with Crippen LogP contribution in [0.4, 0.5) is 0 Å². The van der Waals surface area contributed by atoms with E-state index < -0.39 is 12.0 Å². The molecule has 4 heteroatoms. The van der Waals surface area contributed by atoms with Crippen LogP contribution >= 0.6 is 0 Å². The van der Waals surface area contributed by atoms with Crippen molar-refractivity contribution in [2.45, 2.75) is 32.9 Å². The molecule has 0 aliphatic rings. The largest absolute Gasteiger partial charge is 0.480 e. The number of aromatic nitrogens is 1. The summed E-state index contributed by atoms with van der Waals surface area (Å²) < 4.78 is 0. The van der Waals surface area contributed by atoms with Gasteiger partial charge in [0.05, 0.1) is 5.52 Å². The number of pyridine rings is 1. The molecule has 0 fully saturated rings. The molecule has 20 heavy (non-hydrogen) atoms. The normalized spacial score (nSPS) is 12.8. The van der Waals surface area contributed by atoms with Gasteiger partial charge < -0.3 is 5.11 Å². The second-order valence-electron chi connectivity index (χ2n) is 5.16. The molecule has 4 nitrogen and oxygen atoms in total. The summed E-state index contributed by atoms with van der Waals surface area (Å²) >= 11 is 0. The number of fused-ring (bicyclic) bond motifs is 1. The lowest BCUT2D eigenvalue weighted by atomic mass is 10.1. The molecule has 0 aliphatic heterocycles. The highest BCUT2D eigenvalue weighted by Crippen LogP contribution is 2.17. The molecule has 1 aromatic heterocycles. The van der Waals surface area contributed by atoms with Gasteiger partial charge in [-0.3, -0.25) is 14.7 Å². The molecule has 0 aliphatic carbocycles. The fraction of sp³-hybridized carbons (Fsp3) is 0.375. The minimum atomic E-state index is -0.770. The van der Waals surface area contributed by atoms with Crippen molar-refractivity contribution in [3.63, 3.8) is 0 Å². The Morgan fingerprint density at radius 3 is 2.75 bits per heavy atom. The Bertz CT molecular complexity index is 625. The predicted molar refractivity (Wildman–Crippen MR) is 79.7 cm³/mol. The molecular weight excluding hydrogens is 252 g/mol. The first kappa shape index (κ1) is 14.5. The summed E-state index contributed by atoms with van der Waals surface area (Å²) in [6.45, 7) is 4.48. The number of aliphatic carboxylic acids is 1. The van der Waals surface area contributed by atoms with Gasteiger partial charge in [0.25, 0.3) is 0 Å². The molecule has 2 aromatic rings. The molecule has 1 unspecified atom stereocenters. The molecule has 1 N–H and O–H groups in total. The van der Waals surface area contributed by atoms with Crippen molar-refractivity contribution in [3.8, 4) is 0 Å². The Kier molecular flexibility index (Phi) is 4.35. The number of carboxylic acids is 1. The Morgan fingerprint density at radius 1 is 1.35 bits per heavy atom. The Morgan fingerprint density at radius 2 is 2.10 bits per heavy atom. The maximum Gasteiger partial charge on any atom is 0.320 e. The number of nitrogens with zero attached hydrogens (tertiary/aromatic N) is 2. The zero-order chi connectivity index (χ0) is 14.7. The average Bonchev–Trinajstić information content (AvgIpc) is 2.39. The molecule has 0 saturated heterocycles. The molecule has 0 amide bonds. The van der Waals surface area contributed by atoms with E-state index in [4.69, 9.17) is 0 Å². The predicted octanol–water partition coefficient (Wildman–Crippen LogP) is 2.84. The van der Waals surface area contributed by atoms with Gasteiger partial charge in [0.15, 0.2) is 0 Å². The van der Waals surface area contributed by atoms with Gasteiger partial charge in [-0.1, -0.05) is 19.1 Å². The molecule has 1 aromatic carbocycles. The fourth-order valence-electron chi connectivity index (χ4n) is 2.45. The van der Waals surface area contributed by atoms with Gasteiger partial charge >= 0.3 is 5.97 Å². The van der Waals surface area contributed by atoms with E-state index in [0.29, 0.717) is 13.0 Å². The van der Waals surface area contributed by atoms with Crippen molar-refractivity contribution >= 4 is 16.9 Å². The van der Waals surface area contributed by atoms with Crippen molar-refractivity contribution in [2.24, 2.45) is 0 Å². The highest BCUT2D eigenvalue weighted by molar-refractivity contribution is 5.79. The number of carboxylic acid groups (broad SMARTS) is 1. The molecule has 2 rings (SSSR count). The third-order valence-corrected chi connectivity index (χ3v) is 3.53. The molecule has 0 radical (unpaired) electrons. The van der Waals surface area contributed by atoms with Crippen LogP contribution in [0.1, 0.15) is 24.6 Å². The van der Waals surface area contributed by atoms with E-state index in [1.54, 1.807) is 0 Å². The van der Waals surface area contributed by atoms with E-state index in [0.717, 1.165) is 22.2 Å². The number of carbonyl (C=O) groups is 1. The van der Waals surface area contributed by atoms with Crippen LogP contribution in [0.25, 0.3) is 10.9 Å². The summed E-state index contributed by atoms with van der Waals surface area (Å²) in [6, 6.07) is 9.68. The van der Waals surface area contributed by atoms with E-state index in [-0.39, 0.29) is 0 Å².